The molecule has 1 atom stereocenters. The highest BCUT2D eigenvalue weighted by Crippen LogP contribution is 2.19. The van der Waals surface area contributed by atoms with Gasteiger partial charge in [0.2, 0.25) is 10.0 Å². The molecule has 1 heterocycles. The number of aliphatic hydroxyl groups excluding tert-OH is 1. The van der Waals surface area contributed by atoms with Gasteiger partial charge in [-0.1, -0.05) is 30.3 Å². The zero-order valence-corrected chi connectivity index (χ0v) is 16.4. The molecule has 3 rings (SSSR count). The van der Waals surface area contributed by atoms with Gasteiger partial charge in [-0.3, -0.25) is 9.69 Å². The molecule has 2 aromatic carbocycles. The van der Waals surface area contributed by atoms with Crippen LogP contribution >= 0.6 is 0 Å². The van der Waals surface area contributed by atoms with Crippen molar-refractivity contribution in [3.05, 3.63) is 65.7 Å². The molecule has 0 unspecified atom stereocenters. The van der Waals surface area contributed by atoms with E-state index in [0.717, 1.165) is 6.54 Å². The minimum Gasteiger partial charge on any atom is -0.396 e. The summed E-state index contributed by atoms with van der Waals surface area (Å²) in [6, 6.07) is 15.8. The Balaban J connectivity index is 1.69. The molecular formula is C20H25N3O4S. The molecule has 28 heavy (non-hydrogen) atoms. The van der Waals surface area contributed by atoms with Crippen molar-refractivity contribution >= 4 is 15.9 Å². The first-order chi connectivity index (χ1) is 13.4. The van der Waals surface area contributed by atoms with E-state index in [9.17, 15) is 18.3 Å². The van der Waals surface area contributed by atoms with Gasteiger partial charge in [-0.15, -0.1) is 0 Å². The van der Waals surface area contributed by atoms with Crippen LogP contribution in [-0.4, -0.2) is 61.5 Å². The van der Waals surface area contributed by atoms with Gasteiger partial charge in [0, 0.05) is 44.4 Å². The Kier molecular flexibility index (Phi) is 6.46. The van der Waals surface area contributed by atoms with E-state index in [4.69, 9.17) is 5.14 Å². The maximum atomic E-state index is 12.8. The van der Waals surface area contributed by atoms with Crippen LogP contribution in [0.1, 0.15) is 22.3 Å². The maximum absolute atomic E-state index is 12.8. The summed E-state index contributed by atoms with van der Waals surface area (Å²) < 4.78 is 22.7. The van der Waals surface area contributed by atoms with Crippen molar-refractivity contribution in [1.29, 1.82) is 0 Å². The van der Waals surface area contributed by atoms with Crippen LogP contribution in [0.3, 0.4) is 0 Å². The molecule has 3 N–H and O–H groups in total. The van der Waals surface area contributed by atoms with Crippen molar-refractivity contribution in [2.75, 3.05) is 26.2 Å². The standard InChI is InChI=1S/C20H25N3O4S/c21-28(26,27)19-8-6-17(7-9-19)20(25)23-12-11-22(18(15-23)10-13-24)14-16-4-2-1-3-5-16/h1-9,18,24H,10-15H2,(H2,21,26,27)/t18-/m1/s1. The number of benzene rings is 2. The summed E-state index contributed by atoms with van der Waals surface area (Å²) in [4.78, 5) is 16.9. The number of sulfonamides is 1. The fraction of sp³-hybridized carbons (Fsp3) is 0.350. The summed E-state index contributed by atoms with van der Waals surface area (Å²) in [7, 11) is -3.78. The van der Waals surface area contributed by atoms with Gasteiger partial charge in [0.25, 0.3) is 5.91 Å². The summed E-state index contributed by atoms with van der Waals surface area (Å²) >= 11 is 0. The molecule has 0 saturated carbocycles. The Morgan fingerprint density at radius 2 is 1.75 bits per heavy atom. The molecule has 0 spiro atoms. The van der Waals surface area contributed by atoms with Gasteiger partial charge in [0.1, 0.15) is 0 Å². The molecule has 1 fully saturated rings. The smallest absolute Gasteiger partial charge is 0.253 e. The highest BCUT2D eigenvalue weighted by Gasteiger charge is 2.29. The lowest BCUT2D eigenvalue weighted by Gasteiger charge is -2.41. The van der Waals surface area contributed by atoms with E-state index in [2.05, 4.69) is 17.0 Å². The third-order valence-electron chi connectivity index (χ3n) is 5.01. The number of aliphatic hydroxyl groups is 1. The molecule has 1 saturated heterocycles. The topological polar surface area (TPSA) is 104 Å². The predicted octanol–water partition coefficient (Wildman–Crippen LogP) is 1.04. The maximum Gasteiger partial charge on any atom is 0.253 e. The average Bonchev–Trinajstić information content (AvgIpc) is 2.69. The third kappa shape index (κ3) is 4.96. The second kappa shape index (κ2) is 8.83. The van der Waals surface area contributed by atoms with Crippen LogP contribution in [0.25, 0.3) is 0 Å². The van der Waals surface area contributed by atoms with Crippen molar-refractivity contribution in [3.8, 4) is 0 Å². The van der Waals surface area contributed by atoms with E-state index in [1.54, 1.807) is 4.90 Å². The van der Waals surface area contributed by atoms with Crippen molar-refractivity contribution in [2.24, 2.45) is 5.14 Å². The number of piperazine rings is 1. The fourth-order valence-corrected chi connectivity index (χ4v) is 4.01. The lowest BCUT2D eigenvalue weighted by atomic mass is 10.1. The van der Waals surface area contributed by atoms with E-state index < -0.39 is 10.0 Å². The number of carbonyl (C=O) groups is 1. The molecular weight excluding hydrogens is 378 g/mol. The van der Waals surface area contributed by atoms with Crippen LogP contribution in [0.4, 0.5) is 0 Å². The average molecular weight is 404 g/mol. The number of nitrogens with two attached hydrogens (primary N) is 1. The Morgan fingerprint density at radius 3 is 2.36 bits per heavy atom. The van der Waals surface area contributed by atoms with Crippen molar-refractivity contribution in [3.63, 3.8) is 0 Å². The Bertz CT molecular complexity index is 901. The Labute approximate surface area is 165 Å². The van der Waals surface area contributed by atoms with Gasteiger partial charge in [-0.25, -0.2) is 13.6 Å². The zero-order valence-electron chi connectivity index (χ0n) is 15.6. The minimum absolute atomic E-state index is 0.0186. The summed E-state index contributed by atoms with van der Waals surface area (Å²) in [5.74, 6) is -0.150. The number of carbonyl (C=O) groups excluding carboxylic acids is 1. The van der Waals surface area contributed by atoms with Crippen LogP contribution in [-0.2, 0) is 16.6 Å². The summed E-state index contributed by atoms with van der Waals surface area (Å²) in [5, 5.41) is 14.6. The van der Waals surface area contributed by atoms with E-state index in [-0.39, 0.29) is 23.5 Å². The molecule has 0 radical (unpaired) electrons. The minimum atomic E-state index is -3.78. The molecule has 2 aromatic rings. The number of amides is 1. The number of rotatable bonds is 6. The second-order valence-electron chi connectivity index (χ2n) is 6.94. The zero-order chi connectivity index (χ0) is 20.1. The Hall–Kier alpha value is -2.26. The first-order valence-electron chi connectivity index (χ1n) is 9.19. The summed E-state index contributed by atoms with van der Waals surface area (Å²) in [5.41, 5.74) is 1.62. The monoisotopic (exact) mass is 403 g/mol. The van der Waals surface area contributed by atoms with Crippen molar-refractivity contribution < 1.29 is 18.3 Å². The summed E-state index contributed by atoms with van der Waals surface area (Å²) in [6.45, 7) is 2.63. The first kappa shape index (κ1) is 20.5. The molecule has 7 nitrogen and oxygen atoms in total. The number of nitrogens with zero attached hydrogens (tertiary/aromatic N) is 2. The molecule has 1 amide bonds. The van der Waals surface area contributed by atoms with Gasteiger partial charge in [0.05, 0.1) is 4.90 Å². The quantitative estimate of drug-likeness (QED) is 0.750. The lowest BCUT2D eigenvalue weighted by Crippen LogP contribution is -2.54. The van der Waals surface area contributed by atoms with Crippen LogP contribution < -0.4 is 5.14 Å². The lowest BCUT2D eigenvalue weighted by molar-refractivity contribution is 0.0395. The number of primary sulfonamides is 1. The van der Waals surface area contributed by atoms with Crippen LogP contribution in [0.5, 0.6) is 0 Å². The van der Waals surface area contributed by atoms with Crippen LogP contribution in [0, 0.1) is 0 Å². The summed E-state index contributed by atoms with van der Waals surface area (Å²) in [6.07, 6.45) is 0.584. The van der Waals surface area contributed by atoms with Crippen LogP contribution in [0.15, 0.2) is 59.5 Å². The van der Waals surface area contributed by atoms with Gasteiger partial charge >= 0.3 is 0 Å². The van der Waals surface area contributed by atoms with E-state index in [0.29, 0.717) is 31.6 Å². The normalized spacial score (nSPS) is 18.2. The predicted molar refractivity (Wildman–Crippen MR) is 106 cm³/mol. The highest BCUT2D eigenvalue weighted by atomic mass is 32.2. The number of hydrogen-bond donors (Lipinski definition) is 2. The fourth-order valence-electron chi connectivity index (χ4n) is 3.50. The highest BCUT2D eigenvalue weighted by molar-refractivity contribution is 7.89. The van der Waals surface area contributed by atoms with Crippen LogP contribution in [0.2, 0.25) is 0 Å². The molecule has 150 valence electrons. The van der Waals surface area contributed by atoms with Gasteiger partial charge in [0.15, 0.2) is 0 Å². The molecule has 0 aliphatic carbocycles. The van der Waals surface area contributed by atoms with E-state index in [1.165, 1.54) is 29.8 Å². The second-order valence-corrected chi connectivity index (χ2v) is 8.50. The SMILES string of the molecule is NS(=O)(=O)c1ccc(C(=O)N2CCN(Cc3ccccc3)[C@H](CCO)C2)cc1. The Morgan fingerprint density at radius 1 is 1.07 bits per heavy atom. The van der Waals surface area contributed by atoms with Gasteiger partial charge < -0.3 is 10.0 Å². The molecule has 8 heteroatoms. The van der Waals surface area contributed by atoms with E-state index in [1.807, 2.05) is 18.2 Å². The van der Waals surface area contributed by atoms with E-state index >= 15 is 0 Å². The molecule has 0 bridgehead atoms. The van der Waals surface area contributed by atoms with Gasteiger partial charge in [-0.05, 0) is 36.2 Å². The molecule has 1 aliphatic rings. The molecule has 1 aliphatic heterocycles. The largest absolute Gasteiger partial charge is 0.396 e. The number of hydrogen-bond acceptors (Lipinski definition) is 5. The van der Waals surface area contributed by atoms with Crippen molar-refractivity contribution in [1.82, 2.24) is 9.80 Å². The van der Waals surface area contributed by atoms with Crippen molar-refractivity contribution in [2.45, 2.75) is 23.9 Å². The molecule has 0 aromatic heterocycles. The third-order valence-corrected chi connectivity index (χ3v) is 5.94. The first-order valence-corrected chi connectivity index (χ1v) is 10.7. The van der Waals surface area contributed by atoms with Gasteiger partial charge in [-0.2, -0.15) is 0 Å².